The van der Waals surface area contributed by atoms with Gasteiger partial charge in [0.1, 0.15) is 0 Å². The SMILES string of the molecule is C#CC#CC#CC#CC1(C)CC2C3CCC(C3)C2C1. The average molecular weight is 246 g/mol. The van der Waals surface area contributed by atoms with Gasteiger partial charge in [-0.25, -0.2) is 0 Å². The highest BCUT2D eigenvalue weighted by molar-refractivity contribution is 5.40. The summed E-state index contributed by atoms with van der Waals surface area (Å²) in [5.41, 5.74) is 0.185. The van der Waals surface area contributed by atoms with Crippen LogP contribution in [0.1, 0.15) is 39.0 Å². The molecule has 0 spiro atoms. The van der Waals surface area contributed by atoms with Crippen LogP contribution in [0.15, 0.2) is 0 Å². The van der Waals surface area contributed by atoms with Crippen molar-refractivity contribution in [2.45, 2.75) is 39.0 Å². The summed E-state index contributed by atoms with van der Waals surface area (Å²) in [6.07, 6.45) is 12.0. The third kappa shape index (κ3) is 2.25. The fraction of sp³-hybridized carbons (Fsp3) is 0.579. The maximum atomic E-state index is 5.02. The lowest BCUT2D eigenvalue weighted by atomic mass is 9.82. The molecule has 0 nitrogen and oxygen atoms in total. The van der Waals surface area contributed by atoms with Gasteiger partial charge in [0.15, 0.2) is 0 Å². The molecule has 0 aromatic carbocycles. The van der Waals surface area contributed by atoms with Gasteiger partial charge in [-0.05, 0) is 98.2 Å². The van der Waals surface area contributed by atoms with Crippen molar-refractivity contribution in [2.75, 3.05) is 0 Å². The van der Waals surface area contributed by atoms with E-state index in [1.807, 2.05) is 0 Å². The lowest BCUT2D eigenvalue weighted by Crippen LogP contribution is -2.15. The van der Waals surface area contributed by atoms with E-state index in [2.05, 4.69) is 48.4 Å². The summed E-state index contributed by atoms with van der Waals surface area (Å²) in [4.78, 5) is 0. The van der Waals surface area contributed by atoms with Gasteiger partial charge in [0.25, 0.3) is 0 Å². The van der Waals surface area contributed by atoms with E-state index in [1.165, 1.54) is 32.1 Å². The largest absolute Gasteiger partial charge is 0.106 e. The molecule has 3 saturated carbocycles. The van der Waals surface area contributed by atoms with E-state index in [-0.39, 0.29) is 5.41 Å². The number of hydrogen-bond acceptors (Lipinski definition) is 0. The van der Waals surface area contributed by atoms with Gasteiger partial charge >= 0.3 is 0 Å². The van der Waals surface area contributed by atoms with Gasteiger partial charge < -0.3 is 0 Å². The van der Waals surface area contributed by atoms with Gasteiger partial charge in [-0.1, -0.05) is 5.92 Å². The van der Waals surface area contributed by atoms with Gasteiger partial charge in [0.05, 0.1) is 0 Å². The molecule has 4 unspecified atom stereocenters. The van der Waals surface area contributed by atoms with Crippen molar-refractivity contribution in [1.29, 1.82) is 0 Å². The first kappa shape index (κ1) is 12.3. The smallest absolute Gasteiger partial charge is 0.0302 e. The van der Waals surface area contributed by atoms with Crippen molar-refractivity contribution in [3.63, 3.8) is 0 Å². The summed E-state index contributed by atoms with van der Waals surface area (Å²) in [6, 6.07) is 0. The molecule has 0 heterocycles. The second kappa shape index (κ2) is 4.73. The zero-order chi connectivity index (χ0) is 13.3. The molecule has 19 heavy (non-hydrogen) atoms. The molecule has 0 aromatic heterocycles. The Hall–Kier alpha value is -1.76. The Balaban J connectivity index is 1.68. The zero-order valence-electron chi connectivity index (χ0n) is 11.4. The summed E-state index contributed by atoms with van der Waals surface area (Å²) in [5.74, 6) is 23.1. The molecule has 0 amide bonds. The number of fused-ring (bicyclic) bond motifs is 5. The van der Waals surface area contributed by atoms with Gasteiger partial charge in [0.2, 0.25) is 0 Å². The molecule has 94 valence electrons. The summed E-state index contributed by atoms with van der Waals surface area (Å²) in [6.45, 7) is 2.31. The fourth-order valence-electron chi connectivity index (χ4n) is 4.70. The molecule has 0 N–H and O–H groups in total. The molecule has 0 saturated heterocycles. The van der Waals surface area contributed by atoms with Crippen LogP contribution in [0.2, 0.25) is 0 Å². The van der Waals surface area contributed by atoms with Crippen molar-refractivity contribution < 1.29 is 0 Å². The molecule has 0 heteroatoms. The Kier molecular flexibility index (Phi) is 3.06. The maximum Gasteiger partial charge on any atom is 0.0302 e. The Labute approximate surface area is 116 Å². The molecule has 0 aromatic rings. The lowest BCUT2D eigenvalue weighted by Gasteiger charge is -2.23. The highest BCUT2D eigenvalue weighted by Gasteiger charge is 2.54. The first-order chi connectivity index (χ1) is 9.22. The standard InChI is InChI=1S/C19H18/c1-3-4-5-6-7-8-11-19(2)13-17-15-9-10-16(12-15)18(17)14-19/h1,15-18H,9-10,12-14H2,2H3. The van der Waals surface area contributed by atoms with E-state index < -0.39 is 0 Å². The third-order valence-electron chi connectivity index (χ3n) is 5.33. The Morgan fingerprint density at radius 2 is 1.47 bits per heavy atom. The molecule has 3 aliphatic rings. The quantitative estimate of drug-likeness (QED) is 0.576. The summed E-state index contributed by atoms with van der Waals surface area (Å²) in [5, 5.41) is 0. The van der Waals surface area contributed by atoms with Crippen LogP contribution in [0.3, 0.4) is 0 Å². The number of hydrogen-bond donors (Lipinski definition) is 0. The van der Waals surface area contributed by atoms with E-state index in [9.17, 15) is 0 Å². The molecule has 4 atom stereocenters. The van der Waals surface area contributed by atoms with Crippen molar-refractivity contribution in [1.82, 2.24) is 0 Å². The minimum atomic E-state index is 0.185. The van der Waals surface area contributed by atoms with E-state index in [4.69, 9.17) is 6.42 Å². The summed E-state index contributed by atoms with van der Waals surface area (Å²) in [7, 11) is 0. The molecule has 3 aliphatic carbocycles. The van der Waals surface area contributed by atoms with Crippen LogP contribution >= 0.6 is 0 Å². The van der Waals surface area contributed by atoms with Crippen molar-refractivity contribution in [2.24, 2.45) is 29.1 Å². The van der Waals surface area contributed by atoms with Crippen molar-refractivity contribution in [3.05, 3.63) is 0 Å². The Morgan fingerprint density at radius 1 is 0.895 bits per heavy atom. The van der Waals surface area contributed by atoms with Crippen molar-refractivity contribution in [3.8, 4) is 47.9 Å². The number of rotatable bonds is 0. The third-order valence-corrected chi connectivity index (χ3v) is 5.33. The van der Waals surface area contributed by atoms with Crippen LogP contribution in [0.4, 0.5) is 0 Å². The number of terminal acetylenes is 1. The van der Waals surface area contributed by atoms with E-state index in [0.29, 0.717) is 0 Å². The Morgan fingerprint density at radius 3 is 2.11 bits per heavy atom. The minimum Gasteiger partial charge on any atom is -0.106 e. The van der Waals surface area contributed by atoms with E-state index in [0.717, 1.165) is 23.7 Å². The molecule has 3 rings (SSSR count). The van der Waals surface area contributed by atoms with Gasteiger partial charge in [-0.2, -0.15) is 0 Å². The zero-order valence-corrected chi connectivity index (χ0v) is 11.4. The fourth-order valence-corrected chi connectivity index (χ4v) is 4.70. The van der Waals surface area contributed by atoms with Crippen LogP contribution in [0, 0.1) is 77.0 Å². The molecule has 0 radical (unpaired) electrons. The second-order valence-electron chi connectivity index (χ2n) is 6.52. The van der Waals surface area contributed by atoms with Gasteiger partial charge in [-0.3, -0.25) is 0 Å². The van der Waals surface area contributed by atoms with E-state index in [1.54, 1.807) is 0 Å². The maximum absolute atomic E-state index is 5.02. The highest BCUT2D eigenvalue weighted by Crippen LogP contribution is 2.63. The van der Waals surface area contributed by atoms with Crippen LogP contribution in [-0.2, 0) is 0 Å². The first-order valence-corrected chi connectivity index (χ1v) is 7.20. The highest BCUT2D eigenvalue weighted by atomic mass is 14.6. The molecule has 0 aliphatic heterocycles. The predicted molar refractivity (Wildman–Crippen MR) is 77.3 cm³/mol. The monoisotopic (exact) mass is 246 g/mol. The summed E-state index contributed by atoms with van der Waals surface area (Å²) >= 11 is 0. The molecule has 2 bridgehead atoms. The minimum absolute atomic E-state index is 0.185. The second-order valence-corrected chi connectivity index (χ2v) is 6.52. The average Bonchev–Trinajstić information content (AvgIpc) is 3.04. The van der Waals surface area contributed by atoms with Gasteiger partial charge in [-0.15, -0.1) is 6.42 Å². The molecular weight excluding hydrogens is 228 g/mol. The first-order valence-electron chi connectivity index (χ1n) is 7.20. The van der Waals surface area contributed by atoms with E-state index >= 15 is 0 Å². The molecular formula is C19H18. The Bertz CT molecular complexity index is 578. The van der Waals surface area contributed by atoms with Crippen LogP contribution in [0.25, 0.3) is 0 Å². The lowest BCUT2D eigenvalue weighted by molar-refractivity contribution is 0.259. The predicted octanol–water partition coefficient (Wildman–Crippen LogP) is 3.09. The molecule has 3 fully saturated rings. The normalized spacial score (nSPS) is 40.8. The topological polar surface area (TPSA) is 0 Å². The van der Waals surface area contributed by atoms with Gasteiger partial charge in [0, 0.05) is 5.41 Å². The van der Waals surface area contributed by atoms with Crippen molar-refractivity contribution >= 4 is 0 Å². The van der Waals surface area contributed by atoms with Crippen LogP contribution in [-0.4, -0.2) is 0 Å². The van der Waals surface area contributed by atoms with Crippen LogP contribution < -0.4 is 0 Å². The summed E-state index contributed by atoms with van der Waals surface area (Å²) < 4.78 is 0. The van der Waals surface area contributed by atoms with Crippen LogP contribution in [0.5, 0.6) is 0 Å².